The summed E-state index contributed by atoms with van der Waals surface area (Å²) < 4.78 is 13.2. The lowest BCUT2D eigenvalue weighted by Crippen LogP contribution is -1.95. The molecule has 0 saturated carbocycles. The lowest BCUT2D eigenvalue weighted by atomic mass is 10.0. The molecule has 0 aromatic heterocycles. The number of halogens is 2. The lowest BCUT2D eigenvalue weighted by Gasteiger charge is -2.17. The summed E-state index contributed by atoms with van der Waals surface area (Å²) in [6, 6.07) is 15.7. The molecule has 0 aliphatic rings. The first-order chi connectivity index (χ1) is 11.2. The van der Waals surface area contributed by atoms with Crippen LogP contribution >= 0.6 is 27.7 Å². The van der Waals surface area contributed by atoms with Gasteiger partial charge in [-0.3, -0.25) is 0 Å². The largest absolute Gasteiger partial charge is 0.207 e. The molecule has 0 nitrogen and oxygen atoms in total. The number of hydrogen-bond donors (Lipinski definition) is 0. The van der Waals surface area contributed by atoms with Crippen LogP contribution in [0.3, 0.4) is 0 Å². The van der Waals surface area contributed by atoms with Crippen molar-refractivity contribution in [3.05, 3.63) is 65.5 Å². The van der Waals surface area contributed by atoms with Crippen molar-refractivity contribution in [1.29, 1.82) is 0 Å². The molecule has 2 aromatic carbocycles. The van der Waals surface area contributed by atoms with E-state index in [0.29, 0.717) is 5.25 Å². The van der Waals surface area contributed by atoms with Gasteiger partial charge < -0.3 is 0 Å². The molecule has 1 atom stereocenters. The molecule has 0 aliphatic heterocycles. The minimum atomic E-state index is -0.162. The van der Waals surface area contributed by atoms with Crippen LogP contribution in [0, 0.1) is 12.7 Å². The molecule has 0 N–H and O–H groups in total. The molecule has 0 amide bonds. The summed E-state index contributed by atoms with van der Waals surface area (Å²) in [5.74, 6) is -0.162. The van der Waals surface area contributed by atoms with Crippen LogP contribution in [0.2, 0.25) is 0 Å². The number of unbranched alkanes of at least 4 members (excludes halogenated alkanes) is 3. The number of aryl methyl sites for hydroxylation is 1. The van der Waals surface area contributed by atoms with E-state index in [4.69, 9.17) is 0 Å². The molecular formula is C20H24BrFS. The summed E-state index contributed by atoms with van der Waals surface area (Å²) in [5, 5.41) is 1.48. The van der Waals surface area contributed by atoms with E-state index in [0.717, 1.165) is 11.8 Å². The van der Waals surface area contributed by atoms with Crippen molar-refractivity contribution >= 4 is 27.7 Å². The highest BCUT2D eigenvalue weighted by atomic mass is 79.9. The highest BCUT2D eigenvalue weighted by Crippen LogP contribution is 2.39. The van der Waals surface area contributed by atoms with Crippen molar-refractivity contribution in [3.8, 4) is 0 Å². The van der Waals surface area contributed by atoms with Crippen molar-refractivity contribution in [2.75, 3.05) is 5.33 Å². The quantitative estimate of drug-likeness (QED) is 0.244. The molecule has 3 heteroatoms. The maximum Gasteiger partial charge on any atom is 0.123 e. The molecule has 0 spiro atoms. The fourth-order valence-electron chi connectivity index (χ4n) is 2.53. The van der Waals surface area contributed by atoms with Gasteiger partial charge in [0.2, 0.25) is 0 Å². The van der Waals surface area contributed by atoms with Gasteiger partial charge in [-0.15, -0.1) is 11.8 Å². The monoisotopic (exact) mass is 394 g/mol. The third kappa shape index (κ3) is 6.68. The Morgan fingerprint density at radius 2 is 1.57 bits per heavy atom. The van der Waals surface area contributed by atoms with E-state index >= 15 is 0 Å². The molecule has 0 unspecified atom stereocenters. The first-order valence-electron chi connectivity index (χ1n) is 8.24. The van der Waals surface area contributed by atoms with Crippen LogP contribution in [0.25, 0.3) is 0 Å². The molecule has 0 radical (unpaired) electrons. The van der Waals surface area contributed by atoms with E-state index in [1.807, 2.05) is 23.9 Å². The Hall–Kier alpha value is -0.800. The Kier molecular flexibility index (Phi) is 8.18. The van der Waals surface area contributed by atoms with Crippen LogP contribution in [0.1, 0.15) is 48.5 Å². The van der Waals surface area contributed by atoms with Crippen molar-refractivity contribution in [1.82, 2.24) is 0 Å². The third-order valence-corrected chi connectivity index (χ3v) is 5.79. The van der Waals surface area contributed by atoms with Crippen molar-refractivity contribution in [3.63, 3.8) is 0 Å². The fraction of sp³-hybridized carbons (Fsp3) is 0.400. The first kappa shape index (κ1) is 18.5. The molecule has 0 heterocycles. The summed E-state index contributed by atoms with van der Waals surface area (Å²) in [4.78, 5) is 1.28. The number of benzene rings is 2. The van der Waals surface area contributed by atoms with Crippen molar-refractivity contribution in [2.45, 2.75) is 49.2 Å². The minimum absolute atomic E-state index is 0.162. The molecule has 23 heavy (non-hydrogen) atoms. The van der Waals surface area contributed by atoms with Gasteiger partial charge in [0.05, 0.1) is 0 Å². The Labute approximate surface area is 152 Å². The molecule has 124 valence electrons. The molecule has 0 saturated heterocycles. The van der Waals surface area contributed by atoms with Gasteiger partial charge in [0, 0.05) is 15.5 Å². The third-order valence-electron chi connectivity index (χ3n) is 3.89. The molecule has 2 aromatic rings. The van der Waals surface area contributed by atoms with Crippen LogP contribution in [-0.2, 0) is 0 Å². The second kappa shape index (κ2) is 10.1. The average Bonchev–Trinajstić information content (AvgIpc) is 2.56. The van der Waals surface area contributed by atoms with Gasteiger partial charge in [0.1, 0.15) is 5.82 Å². The molecule has 2 rings (SSSR count). The van der Waals surface area contributed by atoms with Gasteiger partial charge in [-0.25, -0.2) is 4.39 Å². The van der Waals surface area contributed by atoms with Gasteiger partial charge in [0.15, 0.2) is 0 Å². The Bertz CT molecular complexity index is 565. The number of hydrogen-bond acceptors (Lipinski definition) is 1. The van der Waals surface area contributed by atoms with E-state index in [-0.39, 0.29) is 5.82 Å². The highest BCUT2D eigenvalue weighted by molar-refractivity contribution is 9.09. The molecular weight excluding hydrogens is 371 g/mol. The molecule has 0 aliphatic carbocycles. The second-order valence-corrected chi connectivity index (χ2v) is 7.93. The zero-order valence-corrected chi connectivity index (χ0v) is 16.0. The predicted molar refractivity (Wildman–Crippen MR) is 103 cm³/mol. The zero-order chi connectivity index (χ0) is 16.5. The zero-order valence-electron chi connectivity index (χ0n) is 13.6. The standard InChI is InChI=1S/C20H24BrFS/c1-16-7-13-19(14-8-16)23-20(6-4-2-3-5-15-21)17-9-11-18(22)12-10-17/h7-14,20H,2-6,15H2,1H3/t20-/m0/s1. The maximum absolute atomic E-state index is 13.2. The van der Waals surface area contributed by atoms with Gasteiger partial charge in [-0.2, -0.15) is 0 Å². The SMILES string of the molecule is Cc1ccc(S[C@@H](CCCCCCBr)c2ccc(F)cc2)cc1. The Balaban J connectivity index is 2.01. The van der Waals surface area contributed by atoms with Crippen LogP contribution in [-0.4, -0.2) is 5.33 Å². The van der Waals surface area contributed by atoms with E-state index in [9.17, 15) is 4.39 Å². The number of rotatable bonds is 9. The van der Waals surface area contributed by atoms with Gasteiger partial charge in [0.25, 0.3) is 0 Å². The van der Waals surface area contributed by atoms with Gasteiger partial charge in [-0.05, 0) is 49.6 Å². The maximum atomic E-state index is 13.2. The topological polar surface area (TPSA) is 0 Å². The van der Waals surface area contributed by atoms with E-state index in [1.54, 1.807) is 12.1 Å². The molecule has 0 bridgehead atoms. The summed E-state index contributed by atoms with van der Waals surface area (Å²) in [6.45, 7) is 2.11. The van der Waals surface area contributed by atoms with Crippen LogP contribution in [0.15, 0.2) is 53.4 Å². The smallest absolute Gasteiger partial charge is 0.123 e. The summed E-state index contributed by atoms with van der Waals surface area (Å²) >= 11 is 5.37. The van der Waals surface area contributed by atoms with Gasteiger partial charge in [-0.1, -0.05) is 65.0 Å². The first-order valence-corrected chi connectivity index (χ1v) is 10.2. The van der Waals surface area contributed by atoms with Crippen LogP contribution in [0.4, 0.5) is 4.39 Å². The Morgan fingerprint density at radius 1 is 0.913 bits per heavy atom. The van der Waals surface area contributed by atoms with Crippen LogP contribution < -0.4 is 0 Å². The molecule has 0 fully saturated rings. The normalized spacial score (nSPS) is 12.3. The van der Waals surface area contributed by atoms with E-state index in [2.05, 4.69) is 47.1 Å². The lowest BCUT2D eigenvalue weighted by molar-refractivity contribution is 0.620. The summed E-state index contributed by atoms with van der Waals surface area (Å²) in [5.41, 5.74) is 2.50. The second-order valence-electron chi connectivity index (χ2n) is 5.86. The van der Waals surface area contributed by atoms with E-state index < -0.39 is 0 Å². The van der Waals surface area contributed by atoms with Crippen LogP contribution in [0.5, 0.6) is 0 Å². The number of thioether (sulfide) groups is 1. The average molecular weight is 395 g/mol. The van der Waals surface area contributed by atoms with Crippen molar-refractivity contribution in [2.24, 2.45) is 0 Å². The summed E-state index contributed by atoms with van der Waals surface area (Å²) in [7, 11) is 0. The Morgan fingerprint density at radius 3 is 2.22 bits per heavy atom. The fourth-order valence-corrected chi connectivity index (χ4v) is 4.13. The van der Waals surface area contributed by atoms with E-state index in [1.165, 1.54) is 41.7 Å². The highest BCUT2D eigenvalue weighted by Gasteiger charge is 2.13. The predicted octanol–water partition coefficient (Wildman–Crippen LogP) is 7.31. The van der Waals surface area contributed by atoms with Crippen molar-refractivity contribution < 1.29 is 4.39 Å². The minimum Gasteiger partial charge on any atom is -0.207 e. The number of alkyl halides is 1. The summed E-state index contributed by atoms with van der Waals surface area (Å²) in [6.07, 6.45) is 6.13. The van der Waals surface area contributed by atoms with Gasteiger partial charge >= 0.3 is 0 Å².